The summed E-state index contributed by atoms with van der Waals surface area (Å²) in [5.41, 5.74) is 0.529. The van der Waals surface area contributed by atoms with Crippen LogP contribution in [0.4, 0.5) is 4.39 Å². The first-order chi connectivity index (χ1) is 10.7. The van der Waals surface area contributed by atoms with E-state index in [0.29, 0.717) is 18.7 Å². The summed E-state index contributed by atoms with van der Waals surface area (Å²) in [6, 6.07) is 3.83. The van der Waals surface area contributed by atoms with Crippen molar-refractivity contribution in [3.63, 3.8) is 0 Å². The first-order valence-electron chi connectivity index (χ1n) is 7.49. The third-order valence-electron chi connectivity index (χ3n) is 3.73. The van der Waals surface area contributed by atoms with Crippen LogP contribution in [0.15, 0.2) is 18.2 Å². The molecule has 1 heterocycles. The number of ether oxygens (including phenoxy) is 2. The van der Waals surface area contributed by atoms with E-state index < -0.39 is 22.1 Å². The van der Waals surface area contributed by atoms with Crippen LogP contribution in [0.5, 0.6) is 5.75 Å². The van der Waals surface area contributed by atoms with E-state index in [1.807, 2.05) is 13.8 Å². The first kappa shape index (κ1) is 18.1. The van der Waals surface area contributed by atoms with Gasteiger partial charge in [0, 0.05) is 19.1 Å². The van der Waals surface area contributed by atoms with Crippen LogP contribution in [0, 0.1) is 5.82 Å². The van der Waals surface area contributed by atoms with E-state index in [0.717, 1.165) is 0 Å². The summed E-state index contributed by atoms with van der Waals surface area (Å²) in [7, 11) is -2.30. The predicted molar refractivity (Wildman–Crippen MR) is 85.0 cm³/mol. The van der Waals surface area contributed by atoms with Crippen LogP contribution in [0.2, 0.25) is 0 Å². The van der Waals surface area contributed by atoms with Crippen LogP contribution >= 0.6 is 0 Å². The molecule has 0 aliphatic carbocycles. The minimum absolute atomic E-state index is 0.125. The second-order valence-electron chi connectivity index (χ2n) is 5.81. The van der Waals surface area contributed by atoms with Gasteiger partial charge in [-0.15, -0.1) is 0 Å². The summed E-state index contributed by atoms with van der Waals surface area (Å²) in [6.07, 6.45) is -0.326. The largest absolute Gasteiger partial charge is 0.494 e. The van der Waals surface area contributed by atoms with Crippen molar-refractivity contribution in [1.29, 1.82) is 0 Å². The number of morpholine rings is 1. The zero-order valence-electron chi connectivity index (χ0n) is 13.7. The van der Waals surface area contributed by atoms with E-state index in [1.54, 1.807) is 13.0 Å². The first-order valence-corrected chi connectivity index (χ1v) is 8.93. The fourth-order valence-corrected chi connectivity index (χ4v) is 4.19. The van der Waals surface area contributed by atoms with Crippen LogP contribution in [-0.2, 0) is 14.9 Å². The smallest absolute Gasteiger partial charge is 0.280 e. The summed E-state index contributed by atoms with van der Waals surface area (Å²) < 4.78 is 53.1. The van der Waals surface area contributed by atoms with Gasteiger partial charge in [0.15, 0.2) is 11.6 Å². The van der Waals surface area contributed by atoms with Crippen molar-refractivity contribution >= 4 is 10.2 Å². The van der Waals surface area contributed by atoms with Crippen LogP contribution in [0.1, 0.15) is 32.4 Å². The molecule has 0 amide bonds. The molecule has 130 valence electrons. The topological polar surface area (TPSA) is 67.9 Å². The Morgan fingerprint density at radius 1 is 1.35 bits per heavy atom. The second kappa shape index (κ2) is 7.12. The molecule has 0 aromatic heterocycles. The number of nitrogens with one attached hydrogen (secondary N) is 1. The zero-order valence-corrected chi connectivity index (χ0v) is 14.6. The van der Waals surface area contributed by atoms with Crippen molar-refractivity contribution in [2.45, 2.75) is 39.0 Å². The predicted octanol–water partition coefficient (Wildman–Crippen LogP) is 1.84. The number of halogens is 1. The highest BCUT2D eigenvalue weighted by atomic mass is 32.2. The van der Waals surface area contributed by atoms with Gasteiger partial charge in [0.2, 0.25) is 0 Å². The summed E-state index contributed by atoms with van der Waals surface area (Å²) in [5.74, 6) is -0.399. The fraction of sp³-hybridized carbons (Fsp3) is 0.600. The molecule has 3 atom stereocenters. The molecule has 8 heteroatoms. The SMILES string of the molecule is COc1ccc(C(C)NS(=O)(=O)N2CC(C)OC(C)C2)cc1F. The lowest BCUT2D eigenvalue weighted by molar-refractivity contribution is -0.0444. The van der Waals surface area contributed by atoms with E-state index in [-0.39, 0.29) is 18.0 Å². The Hall–Kier alpha value is -1.22. The molecule has 2 rings (SSSR count). The van der Waals surface area contributed by atoms with Gasteiger partial charge in [-0.05, 0) is 38.5 Å². The summed E-state index contributed by atoms with van der Waals surface area (Å²) in [4.78, 5) is 0. The highest BCUT2D eigenvalue weighted by Gasteiger charge is 2.32. The van der Waals surface area contributed by atoms with Crippen LogP contribution in [0.25, 0.3) is 0 Å². The average molecular weight is 346 g/mol. The molecule has 1 aromatic carbocycles. The third-order valence-corrected chi connectivity index (χ3v) is 5.36. The normalized spacial score (nSPS) is 24.4. The lowest BCUT2D eigenvalue weighted by Gasteiger charge is -2.35. The van der Waals surface area contributed by atoms with Crippen LogP contribution in [0.3, 0.4) is 0 Å². The fourth-order valence-electron chi connectivity index (χ4n) is 2.64. The molecule has 3 unspecified atom stereocenters. The number of benzene rings is 1. The van der Waals surface area contributed by atoms with E-state index in [2.05, 4.69) is 4.72 Å². The quantitative estimate of drug-likeness (QED) is 0.883. The van der Waals surface area contributed by atoms with E-state index >= 15 is 0 Å². The highest BCUT2D eigenvalue weighted by Crippen LogP contribution is 2.23. The van der Waals surface area contributed by atoms with Crippen LogP contribution in [-0.4, -0.2) is 45.1 Å². The van der Waals surface area contributed by atoms with E-state index in [9.17, 15) is 12.8 Å². The molecule has 23 heavy (non-hydrogen) atoms. The Labute approximate surface area is 136 Å². The van der Waals surface area contributed by atoms with Crippen molar-refractivity contribution in [3.05, 3.63) is 29.6 Å². The molecule has 0 spiro atoms. The van der Waals surface area contributed by atoms with Crippen molar-refractivity contribution < 1.29 is 22.3 Å². The van der Waals surface area contributed by atoms with Gasteiger partial charge >= 0.3 is 0 Å². The maximum absolute atomic E-state index is 13.8. The Balaban J connectivity index is 2.11. The van der Waals surface area contributed by atoms with Gasteiger partial charge in [-0.2, -0.15) is 17.4 Å². The maximum atomic E-state index is 13.8. The minimum Gasteiger partial charge on any atom is -0.494 e. The van der Waals surface area contributed by atoms with Crippen molar-refractivity contribution in [1.82, 2.24) is 9.03 Å². The number of hydrogen-bond donors (Lipinski definition) is 1. The maximum Gasteiger partial charge on any atom is 0.280 e. The lowest BCUT2D eigenvalue weighted by atomic mass is 10.1. The Bertz CT molecular complexity index is 643. The van der Waals surface area contributed by atoms with E-state index in [1.165, 1.54) is 23.5 Å². The monoisotopic (exact) mass is 346 g/mol. The van der Waals surface area contributed by atoms with Gasteiger partial charge < -0.3 is 9.47 Å². The number of rotatable bonds is 5. The molecule has 1 saturated heterocycles. The molecule has 1 fully saturated rings. The number of methoxy groups -OCH3 is 1. The summed E-state index contributed by atoms with van der Waals surface area (Å²) in [5, 5.41) is 0. The Morgan fingerprint density at radius 3 is 2.48 bits per heavy atom. The number of nitrogens with zero attached hydrogens (tertiary/aromatic N) is 1. The Morgan fingerprint density at radius 2 is 1.96 bits per heavy atom. The molecule has 1 N–H and O–H groups in total. The molecule has 6 nitrogen and oxygen atoms in total. The highest BCUT2D eigenvalue weighted by molar-refractivity contribution is 7.87. The molecule has 0 saturated carbocycles. The van der Waals surface area contributed by atoms with Crippen molar-refractivity contribution in [2.24, 2.45) is 0 Å². The summed E-state index contributed by atoms with van der Waals surface area (Å²) >= 11 is 0. The minimum atomic E-state index is -3.68. The number of hydrogen-bond acceptors (Lipinski definition) is 4. The molecular formula is C15H23FN2O4S. The zero-order chi connectivity index (χ0) is 17.2. The molecule has 0 bridgehead atoms. The molecule has 1 aliphatic heterocycles. The molecule has 0 radical (unpaired) electrons. The van der Waals surface area contributed by atoms with Gasteiger partial charge in [0.05, 0.1) is 19.3 Å². The van der Waals surface area contributed by atoms with Crippen molar-refractivity contribution in [3.8, 4) is 5.75 Å². The lowest BCUT2D eigenvalue weighted by Crippen LogP contribution is -2.52. The molecule has 1 aromatic rings. The van der Waals surface area contributed by atoms with Gasteiger partial charge in [-0.3, -0.25) is 0 Å². The van der Waals surface area contributed by atoms with Gasteiger partial charge in [0.25, 0.3) is 10.2 Å². The second-order valence-corrected chi connectivity index (χ2v) is 7.52. The van der Waals surface area contributed by atoms with Gasteiger partial charge in [-0.25, -0.2) is 4.39 Å². The standard InChI is InChI=1S/C15H23FN2O4S/c1-10-8-18(9-11(2)22-10)23(19,20)17-12(3)13-5-6-15(21-4)14(16)7-13/h5-7,10-12,17H,8-9H2,1-4H3. The van der Waals surface area contributed by atoms with E-state index in [4.69, 9.17) is 9.47 Å². The van der Waals surface area contributed by atoms with Crippen molar-refractivity contribution in [2.75, 3.05) is 20.2 Å². The molecular weight excluding hydrogens is 323 g/mol. The molecule has 1 aliphatic rings. The van der Waals surface area contributed by atoms with Crippen LogP contribution < -0.4 is 9.46 Å². The third kappa shape index (κ3) is 4.41. The van der Waals surface area contributed by atoms with Gasteiger partial charge in [0.1, 0.15) is 0 Å². The van der Waals surface area contributed by atoms with Gasteiger partial charge in [-0.1, -0.05) is 6.07 Å². The summed E-state index contributed by atoms with van der Waals surface area (Å²) in [6.45, 7) is 5.93. The Kier molecular flexibility index (Phi) is 5.61. The average Bonchev–Trinajstić information content (AvgIpc) is 2.45.